The molecule has 3 rings (SSSR count). The number of rotatable bonds is 8. The second kappa shape index (κ2) is 8.80. The summed E-state index contributed by atoms with van der Waals surface area (Å²) in [6, 6.07) is 14.0. The maximum atomic E-state index is 5.81. The molecule has 1 heterocycles. The molecule has 2 aromatic carbocycles. The summed E-state index contributed by atoms with van der Waals surface area (Å²) in [6.45, 7) is 5.18. The molecule has 0 N–H and O–H groups in total. The lowest BCUT2D eigenvalue weighted by atomic mass is 10.1. The molecule has 0 aliphatic carbocycles. The van der Waals surface area contributed by atoms with E-state index in [1.807, 2.05) is 30.3 Å². The molecular weight excluding hydrogens is 328 g/mol. The Hall–Kier alpha value is -3.15. The molecule has 0 bridgehead atoms. The van der Waals surface area contributed by atoms with Crippen LogP contribution in [0.5, 0.6) is 11.5 Å². The van der Waals surface area contributed by atoms with Gasteiger partial charge in [-0.2, -0.15) is 5.10 Å². The van der Waals surface area contributed by atoms with Gasteiger partial charge in [-0.15, -0.1) is 10.2 Å². The van der Waals surface area contributed by atoms with E-state index < -0.39 is 0 Å². The van der Waals surface area contributed by atoms with Crippen LogP contribution in [0.4, 0.5) is 0 Å². The molecule has 6 nitrogen and oxygen atoms in total. The Morgan fingerprint density at radius 3 is 2.54 bits per heavy atom. The van der Waals surface area contributed by atoms with E-state index in [-0.39, 0.29) is 0 Å². The number of hydrogen-bond acceptors (Lipinski definition) is 5. The second-order valence-electron chi connectivity index (χ2n) is 5.86. The van der Waals surface area contributed by atoms with Crippen LogP contribution < -0.4 is 9.47 Å². The first-order chi connectivity index (χ1) is 12.7. The van der Waals surface area contributed by atoms with Crippen LogP contribution in [-0.2, 0) is 6.42 Å². The third-order valence-electron chi connectivity index (χ3n) is 3.74. The molecule has 0 saturated carbocycles. The molecule has 0 saturated heterocycles. The first-order valence-corrected chi connectivity index (χ1v) is 8.58. The largest absolute Gasteiger partial charge is 0.490 e. The molecule has 26 heavy (non-hydrogen) atoms. The second-order valence-corrected chi connectivity index (χ2v) is 5.86. The number of ether oxygens (including phenoxy) is 2. The predicted molar refractivity (Wildman–Crippen MR) is 101 cm³/mol. The molecule has 0 spiro atoms. The molecule has 0 aliphatic heterocycles. The normalized spacial score (nSPS) is 11.0. The van der Waals surface area contributed by atoms with Crippen LogP contribution in [0.1, 0.15) is 23.6 Å². The number of benzene rings is 2. The van der Waals surface area contributed by atoms with Gasteiger partial charge in [-0.05, 0) is 54.3 Å². The minimum absolute atomic E-state index is 0.474. The fourth-order valence-corrected chi connectivity index (χ4v) is 2.50. The van der Waals surface area contributed by atoms with Gasteiger partial charge >= 0.3 is 0 Å². The van der Waals surface area contributed by atoms with E-state index in [1.54, 1.807) is 6.21 Å². The molecule has 1 aromatic heterocycles. The van der Waals surface area contributed by atoms with Gasteiger partial charge < -0.3 is 9.47 Å². The van der Waals surface area contributed by atoms with E-state index in [0.29, 0.717) is 13.2 Å². The first-order valence-electron chi connectivity index (χ1n) is 8.58. The Morgan fingerprint density at radius 2 is 1.77 bits per heavy atom. The van der Waals surface area contributed by atoms with Crippen LogP contribution in [0, 0.1) is 6.92 Å². The summed E-state index contributed by atoms with van der Waals surface area (Å²) in [5.41, 5.74) is 3.42. The summed E-state index contributed by atoms with van der Waals surface area (Å²) in [4.78, 5) is 0. The van der Waals surface area contributed by atoms with Gasteiger partial charge in [-0.25, -0.2) is 4.68 Å². The molecule has 3 aromatic rings. The van der Waals surface area contributed by atoms with E-state index in [9.17, 15) is 0 Å². The van der Waals surface area contributed by atoms with Crippen molar-refractivity contribution < 1.29 is 9.47 Å². The quantitative estimate of drug-likeness (QED) is 0.461. The van der Waals surface area contributed by atoms with E-state index in [0.717, 1.165) is 23.5 Å². The third-order valence-corrected chi connectivity index (χ3v) is 3.74. The minimum atomic E-state index is 0.474. The van der Waals surface area contributed by atoms with Crippen LogP contribution in [-0.4, -0.2) is 34.3 Å². The zero-order chi connectivity index (χ0) is 18.2. The third kappa shape index (κ3) is 5.17. The maximum absolute atomic E-state index is 5.81. The topological polar surface area (TPSA) is 61.5 Å². The maximum Gasteiger partial charge on any atom is 0.141 e. The number of aryl methyl sites for hydroxylation is 2. The van der Waals surface area contributed by atoms with Crippen molar-refractivity contribution in [3.8, 4) is 11.5 Å². The molecule has 0 radical (unpaired) electrons. The van der Waals surface area contributed by atoms with Crippen LogP contribution in [0.3, 0.4) is 0 Å². The molecule has 0 aliphatic rings. The minimum Gasteiger partial charge on any atom is -0.490 e. The monoisotopic (exact) mass is 350 g/mol. The fraction of sp³-hybridized carbons (Fsp3) is 0.250. The Morgan fingerprint density at radius 1 is 1.00 bits per heavy atom. The fourth-order valence-electron chi connectivity index (χ4n) is 2.50. The lowest BCUT2D eigenvalue weighted by molar-refractivity contribution is 0.217. The summed E-state index contributed by atoms with van der Waals surface area (Å²) >= 11 is 0. The standard InChI is InChI=1S/C20H22N4O2/c1-3-17-9-16(2)10-20(11-17)26-8-7-25-19-6-4-5-18(12-19)13-23-24-14-21-22-15-24/h4-6,9-15H,3,7-8H2,1-2H3/b23-13-. The van der Waals surface area contributed by atoms with Crippen LogP contribution in [0.15, 0.2) is 60.2 Å². The Bertz CT molecular complexity index is 860. The van der Waals surface area contributed by atoms with Crippen LogP contribution in [0.25, 0.3) is 0 Å². The van der Waals surface area contributed by atoms with Gasteiger partial charge in [-0.1, -0.05) is 25.1 Å². The summed E-state index contributed by atoms with van der Waals surface area (Å²) in [6.07, 6.45) is 5.79. The van der Waals surface area contributed by atoms with Gasteiger partial charge in [0.15, 0.2) is 0 Å². The highest BCUT2D eigenvalue weighted by Crippen LogP contribution is 2.17. The average molecular weight is 350 g/mol. The van der Waals surface area contributed by atoms with Gasteiger partial charge in [0, 0.05) is 0 Å². The van der Waals surface area contributed by atoms with Gasteiger partial charge in [-0.3, -0.25) is 0 Å². The van der Waals surface area contributed by atoms with Crippen molar-refractivity contribution in [1.82, 2.24) is 14.9 Å². The lowest BCUT2D eigenvalue weighted by Crippen LogP contribution is -2.09. The highest BCUT2D eigenvalue weighted by Gasteiger charge is 2.00. The van der Waals surface area contributed by atoms with E-state index >= 15 is 0 Å². The highest BCUT2D eigenvalue weighted by molar-refractivity contribution is 5.80. The molecule has 0 amide bonds. The molecule has 6 heteroatoms. The van der Waals surface area contributed by atoms with Gasteiger partial charge in [0.05, 0.1) is 6.21 Å². The van der Waals surface area contributed by atoms with E-state index in [1.165, 1.54) is 28.5 Å². The van der Waals surface area contributed by atoms with Gasteiger partial charge in [0.25, 0.3) is 0 Å². The zero-order valence-corrected chi connectivity index (χ0v) is 15.0. The lowest BCUT2D eigenvalue weighted by Gasteiger charge is -2.10. The Kier molecular flexibility index (Phi) is 5.98. The number of nitrogens with zero attached hydrogens (tertiary/aromatic N) is 4. The molecule has 0 fully saturated rings. The van der Waals surface area contributed by atoms with Crippen molar-refractivity contribution in [2.24, 2.45) is 5.10 Å². The smallest absolute Gasteiger partial charge is 0.141 e. The predicted octanol–water partition coefficient (Wildman–Crippen LogP) is 3.49. The zero-order valence-electron chi connectivity index (χ0n) is 15.0. The van der Waals surface area contributed by atoms with E-state index in [4.69, 9.17) is 9.47 Å². The summed E-state index contributed by atoms with van der Waals surface area (Å²) < 4.78 is 13.1. The highest BCUT2D eigenvalue weighted by atomic mass is 16.5. The molecule has 0 atom stereocenters. The summed E-state index contributed by atoms with van der Waals surface area (Å²) in [5.74, 6) is 1.67. The van der Waals surface area contributed by atoms with Crippen molar-refractivity contribution in [2.45, 2.75) is 20.3 Å². The van der Waals surface area contributed by atoms with Crippen molar-refractivity contribution in [3.05, 3.63) is 71.8 Å². The van der Waals surface area contributed by atoms with Crippen LogP contribution in [0.2, 0.25) is 0 Å². The van der Waals surface area contributed by atoms with E-state index in [2.05, 4.69) is 41.3 Å². The van der Waals surface area contributed by atoms with Crippen molar-refractivity contribution in [2.75, 3.05) is 13.2 Å². The molecular formula is C20H22N4O2. The Balaban J connectivity index is 1.50. The number of aromatic nitrogens is 3. The average Bonchev–Trinajstić information content (AvgIpc) is 3.17. The molecule has 0 unspecified atom stereocenters. The Labute approximate surface area is 153 Å². The first kappa shape index (κ1) is 17.7. The van der Waals surface area contributed by atoms with Gasteiger partial charge in [0.1, 0.15) is 37.4 Å². The van der Waals surface area contributed by atoms with Crippen molar-refractivity contribution in [3.63, 3.8) is 0 Å². The molecule has 134 valence electrons. The summed E-state index contributed by atoms with van der Waals surface area (Å²) in [5, 5.41) is 11.6. The van der Waals surface area contributed by atoms with Crippen molar-refractivity contribution in [1.29, 1.82) is 0 Å². The van der Waals surface area contributed by atoms with Crippen molar-refractivity contribution >= 4 is 6.21 Å². The SMILES string of the molecule is CCc1cc(C)cc(OCCOc2cccc(/C=N\n3cnnc3)c2)c1. The van der Waals surface area contributed by atoms with Gasteiger partial charge in [0.2, 0.25) is 0 Å². The number of hydrogen-bond donors (Lipinski definition) is 0. The summed E-state index contributed by atoms with van der Waals surface area (Å²) in [7, 11) is 0. The van der Waals surface area contributed by atoms with Crippen LogP contribution >= 0.6 is 0 Å².